The van der Waals surface area contributed by atoms with Crippen LogP contribution in [0.15, 0.2) is 4.99 Å². The highest BCUT2D eigenvalue weighted by atomic mass is 32.2. The van der Waals surface area contributed by atoms with Gasteiger partial charge in [-0.25, -0.2) is 0 Å². The molecule has 0 radical (unpaired) electrons. The zero-order valence-electron chi connectivity index (χ0n) is 9.04. The van der Waals surface area contributed by atoms with Gasteiger partial charge in [-0.05, 0) is 12.3 Å². The molecular formula is C10H18N2OS. The number of hydrogen-bond acceptors (Lipinski definition) is 3. The van der Waals surface area contributed by atoms with Crippen molar-refractivity contribution in [2.75, 3.05) is 6.54 Å². The summed E-state index contributed by atoms with van der Waals surface area (Å²) >= 11 is 1.57. The molecule has 14 heavy (non-hydrogen) atoms. The van der Waals surface area contributed by atoms with E-state index in [-0.39, 0.29) is 11.2 Å². The fourth-order valence-corrected chi connectivity index (χ4v) is 2.24. The molecule has 0 bridgehead atoms. The van der Waals surface area contributed by atoms with Crippen LogP contribution in [0.5, 0.6) is 0 Å². The van der Waals surface area contributed by atoms with Crippen LogP contribution in [0.3, 0.4) is 0 Å². The van der Waals surface area contributed by atoms with Gasteiger partial charge in [-0.1, -0.05) is 39.0 Å². The molecule has 0 aromatic rings. The van der Waals surface area contributed by atoms with Gasteiger partial charge in [-0.2, -0.15) is 0 Å². The number of thioether (sulfide) groups is 1. The van der Waals surface area contributed by atoms with Crippen molar-refractivity contribution in [2.24, 2.45) is 10.9 Å². The van der Waals surface area contributed by atoms with E-state index >= 15 is 0 Å². The molecule has 0 aliphatic carbocycles. The van der Waals surface area contributed by atoms with Crippen molar-refractivity contribution in [1.29, 1.82) is 0 Å². The minimum Gasteiger partial charge on any atom is -0.304 e. The monoisotopic (exact) mass is 214 g/mol. The zero-order valence-corrected chi connectivity index (χ0v) is 9.86. The molecule has 1 aliphatic heterocycles. The average molecular weight is 214 g/mol. The van der Waals surface area contributed by atoms with E-state index in [9.17, 15) is 4.79 Å². The average Bonchev–Trinajstić information content (AvgIpc) is 2.47. The van der Waals surface area contributed by atoms with Gasteiger partial charge in [0.1, 0.15) is 0 Å². The quantitative estimate of drug-likeness (QED) is 0.727. The van der Waals surface area contributed by atoms with Gasteiger partial charge in [0.2, 0.25) is 5.91 Å². The van der Waals surface area contributed by atoms with Crippen molar-refractivity contribution in [3.05, 3.63) is 0 Å². The van der Waals surface area contributed by atoms with Crippen molar-refractivity contribution in [3.8, 4) is 0 Å². The molecule has 1 aliphatic rings. The molecular weight excluding hydrogens is 196 g/mol. The Balaban J connectivity index is 2.46. The molecule has 1 atom stereocenters. The van der Waals surface area contributed by atoms with Gasteiger partial charge < -0.3 is 5.32 Å². The van der Waals surface area contributed by atoms with E-state index in [0.717, 1.165) is 24.6 Å². The fraction of sp³-hybridized carbons (Fsp3) is 0.800. The van der Waals surface area contributed by atoms with Gasteiger partial charge >= 0.3 is 0 Å². The summed E-state index contributed by atoms with van der Waals surface area (Å²) in [6, 6.07) is 0. The van der Waals surface area contributed by atoms with E-state index < -0.39 is 0 Å². The summed E-state index contributed by atoms with van der Waals surface area (Å²) in [7, 11) is 0. The van der Waals surface area contributed by atoms with E-state index in [1.54, 1.807) is 11.8 Å². The zero-order chi connectivity index (χ0) is 10.6. The predicted molar refractivity (Wildman–Crippen MR) is 61.6 cm³/mol. The summed E-state index contributed by atoms with van der Waals surface area (Å²) in [4.78, 5) is 15.8. The van der Waals surface area contributed by atoms with Crippen molar-refractivity contribution < 1.29 is 4.79 Å². The van der Waals surface area contributed by atoms with E-state index in [1.807, 2.05) is 0 Å². The first kappa shape index (κ1) is 11.6. The van der Waals surface area contributed by atoms with E-state index in [2.05, 4.69) is 31.1 Å². The minimum atomic E-state index is 0.0513. The number of rotatable bonds is 4. The fourth-order valence-electron chi connectivity index (χ4n) is 1.23. The Morgan fingerprint density at radius 3 is 2.79 bits per heavy atom. The highest BCUT2D eigenvalue weighted by molar-refractivity contribution is 8.15. The number of nitrogens with one attached hydrogen (secondary N) is 1. The standard InChI is InChI=1S/C10H18N2OS/c1-4-5-6-11-10-12-9(13)8(14-10)7(2)3/h7-8H,4-6H2,1-3H3,(H,11,12,13). The molecule has 1 amide bonds. The largest absolute Gasteiger partial charge is 0.304 e. The van der Waals surface area contributed by atoms with Crippen molar-refractivity contribution in [3.63, 3.8) is 0 Å². The Bertz CT molecular complexity index is 238. The Morgan fingerprint density at radius 2 is 2.29 bits per heavy atom. The maximum Gasteiger partial charge on any atom is 0.239 e. The van der Waals surface area contributed by atoms with Gasteiger partial charge in [0.05, 0.1) is 5.25 Å². The maximum absolute atomic E-state index is 11.4. The number of carbonyl (C=O) groups is 1. The second kappa shape index (κ2) is 5.39. The smallest absolute Gasteiger partial charge is 0.239 e. The second-order valence-electron chi connectivity index (χ2n) is 3.81. The molecule has 1 unspecified atom stereocenters. The second-order valence-corrected chi connectivity index (χ2v) is 4.94. The van der Waals surface area contributed by atoms with E-state index in [1.165, 1.54) is 0 Å². The van der Waals surface area contributed by atoms with Gasteiger partial charge in [0.25, 0.3) is 0 Å². The highest BCUT2D eigenvalue weighted by Gasteiger charge is 2.32. The topological polar surface area (TPSA) is 41.5 Å². The van der Waals surface area contributed by atoms with Crippen molar-refractivity contribution in [2.45, 2.75) is 38.9 Å². The lowest BCUT2D eigenvalue weighted by Gasteiger charge is -2.07. The first-order valence-electron chi connectivity index (χ1n) is 5.17. The van der Waals surface area contributed by atoms with Crippen LogP contribution in [0.2, 0.25) is 0 Å². The lowest BCUT2D eigenvalue weighted by Crippen LogP contribution is -2.27. The number of amides is 1. The Labute approximate surface area is 89.7 Å². The highest BCUT2D eigenvalue weighted by Crippen LogP contribution is 2.25. The first-order valence-corrected chi connectivity index (χ1v) is 6.05. The number of nitrogens with zero attached hydrogens (tertiary/aromatic N) is 1. The molecule has 4 heteroatoms. The van der Waals surface area contributed by atoms with E-state index in [0.29, 0.717) is 5.92 Å². The number of amidine groups is 1. The molecule has 1 N–H and O–H groups in total. The number of aliphatic imine (C=N–C) groups is 1. The maximum atomic E-state index is 11.4. The molecule has 1 heterocycles. The molecule has 80 valence electrons. The molecule has 3 nitrogen and oxygen atoms in total. The van der Waals surface area contributed by atoms with Gasteiger partial charge in [0, 0.05) is 6.54 Å². The van der Waals surface area contributed by atoms with Crippen LogP contribution in [-0.4, -0.2) is 22.9 Å². The van der Waals surface area contributed by atoms with Crippen LogP contribution >= 0.6 is 11.8 Å². The van der Waals surface area contributed by atoms with Crippen molar-refractivity contribution >= 4 is 22.8 Å². The normalized spacial score (nSPS) is 24.7. The summed E-state index contributed by atoms with van der Waals surface area (Å²) in [5.41, 5.74) is 0. The summed E-state index contributed by atoms with van der Waals surface area (Å²) in [5.74, 6) is 0.485. The minimum absolute atomic E-state index is 0.0513. The number of unbranched alkanes of at least 4 members (excludes halogenated alkanes) is 1. The molecule has 0 spiro atoms. The van der Waals surface area contributed by atoms with Gasteiger partial charge in [-0.3, -0.25) is 9.79 Å². The van der Waals surface area contributed by atoms with Crippen LogP contribution < -0.4 is 5.32 Å². The third-order valence-corrected chi connectivity index (χ3v) is 3.57. The van der Waals surface area contributed by atoms with Crippen LogP contribution in [0.1, 0.15) is 33.6 Å². The lowest BCUT2D eigenvalue weighted by molar-refractivity contribution is -0.119. The summed E-state index contributed by atoms with van der Waals surface area (Å²) in [6.07, 6.45) is 2.23. The summed E-state index contributed by atoms with van der Waals surface area (Å²) in [6.45, 7) is 7.08. The van der Waals surface area contributed by atoms with Crippen LogP contribution in [0.25, 0.3) is 0 Å². The number of hydrogen-bond donors (Lipinski definition) is 1. The molecule has 1 fully saturated rings. The Hall–Kier alpha value is -0.510. The van der Waals surface area contributed by atoms with Gasteiger partial charge in [0.15, 0.2) is 5.17 Å². The summed E-state index contributed by atoms with van der Waals surface area (Å²) in [5, 5.41) is 3.68. The third kappa shape index (κ3) is 3.01. The van der Waals surface area contributed by atoms with Crippen LogP contribution in [-0.2, 0) is 4.79 Å². The molecule has 0 saturated carbocycles. The first-order chi connectivity index (χ1) is 6.65. The molecule has 0 aromatic carbocycles. The number of carbonyl (C=O) groups excluding carboxylic acids is 1. The lowest BCUT2D eigenvalue weighted by atomic mass is 10.1. The molecule has 1 rings (SSSR count). The molecule has 1 saturated heterocycles. The third-order valence-electron chi connectivity index (χ3n) is 2.10. The predicted octanol–water partition coefficient (Wildman–Crippen LogP) is 2.03. The van der Waals surface area contributed by atoms with Gasteiger partial charge in [-0.15, -0.1) is 0 Å². The Morgan fingerprint density at radius 1 is 1.57 bits per heavy atom. The SMILES string of the molecule is CCCCN=C1NC(=O)C(C(C)C)S1. The van der Waals surface area contributed by atoms with Crippen LogP contribution in [0, 0.1) is 5.92 Å². The van der Waals surface area contributed by atoms with Crippen molar-refractivity contribution in [1.82, 2.24) is 5.32 Å². The van der Waals surface area contributed by atoms with E-state index in [4.69, 9.17) is 0 Å². The summed E-state index contributed by atoms with van der Waals surface area (Å²) < 4.78 is 0. The van der Waals surface area contributed by atoms with Crippen LogP contribution in [0.4, 0.5) is 0 Å². The Kier molecular flexibility index (Phi) is 4.45. The molecule has 0 aromatic heterocycles.